The molecular weight excluding hydrogens is 499 g/mol. The maximum Gasteiger partial charge on any atom is 0.393 e. The molecular formula is C27H34F3N5O3. The van der Waals surface area contributed by atoms with Crippen LogP contribution in [-0.4, -0.2) is 83.9 Å². The van der Waals surface area contributed by atoms with Crippen LogP contribution < -0.4 is 5.32 Å². The molecule has 0 bridgehead atoms. The van der Waals surface area contributed by atoms with Crippen molar-refractivity contribution in [3.05, 3.63) is 29.8 Å². The second-order valence-electron chi connectivity index (χ2n) is 12.1. The van der Waals surface area contributed by atoms with Crippen LogP contribution in [0.1, 0.15) is 45.6 Å². The van der Waals surface area contributed by atoms with E-state index >= 15 is 0 Å². The highest BCUT2D eigenvalue weighted by Crippen LogP contribution is 2.47. The summed E-state index contributed by atoms with van der Waals surface area (Å²) in [6.45, 7) is 5.41. The Morgan fingerprint density at radius 1 is 1.26 bits per heavy atom. The molecule has 0 aromatic heterocycles. The van der Waals surface area contributed by atoms with E-state index < -0.39 is 52.9 Å². The minimum Gasteiger partial charge on any atom is -0.332 e. The Morgan fingerprint density at radius 2 is 1.92 bits per heavy atom. The van der Waals surface area contributed by atoms with Crippen LogP contribution in [0.2, 0.25) is 0 Å². The second-order valence-corrected chi connectivity index (χ2v) is 12.1. The summed E-state index contributed by atoms with van der Waals surface area (Å²) in [5.74, 6) is -2.94. The van der Waals surface area contributed by atoms with Gasteiger partial charge < -0.3 is 15.1 Å². The van der Waals surface area contributed by atoms with Crippen molar-refractivity contribution in [1.82, 2.24) is 14.7 Å². The van der Waals surface area contributed by atoms with Gasteiger partial charge in [0.2, 0.25) is 17.7 Å². The van der Waals surface area contributed by atoms with Gasteiger partial charge in [0, 0.05) is 32.2 Å². The van der Waals surface area contributed by atoms with Crippen molar-refractivity contribution in [1.29, 1.82) is 5.26 Å². The van der Waals surface area contributed by atoms with Gasteiger partial charge in [-0.25, -0.2) is 0 Å². The zero-order chi connectivity index (χ0) is 28.2. The number of nitrogens with one attached hydrogen (secondary N) is 1. The minimum atomic E-state index is -4.41. The highest BCUT2D eigenvalue weighted by Gasteiger charge is 2.57. The number of para-hydroxylation sites is 1. The number of rotatable bonds is 4. The summed E-state index contributed by atoms with van der Waals surface area (Å²) in [7, 11) is 2.92. The van der Waals surface area contributed by atoms with Gasteiger partial charge in [0.1, 0.15) is 12.1 Å². The number of hydrogen-bond acceptors (Lipinski definition) is 5. The van der Waals surface area contributed by atoms with Gasteiger partial charge in [0.05, 0.1) is 23.4 Å². The molecule has 1 aromatic rings. The summed E-state index contributed by atoms with van der Waals surface area (Å²) in [5, 5.41) is 12.8. The number of nitrogens with zero attached hydrogens (tertiary/aromatic N) is 4. The average molecular weight is 534 g/mol. The molecule has 1 N–H and O–H groups in total. The molecule has 0 saturated carbocycles. The van der Waals surface area contributed by atoms with Crippen molar-refractivity contribution < 1.29 is 27.6 Å². The molecule has 2 saturated heterocycles. The quantitative estimate of drug-likeness (QED) is 0.642. The fraction of sp³-hybridized carbons (Fsp3) is 0.630. The van der Waals surface area contributed by atoms with Gasteiger partial charge in [-0.3, -0.25) is 19.3 Å². The minimum absolute atomic E-state index is 0.0188. The molecule has 3 aliphatic rings. The zero-order valence-corrected chi connectivity index (χ0v) is 22.3. The first-order valence-electron chi connectivity index (χ1n) is 12.7. The summed E-state index contributed by atoms with van der Waals surface area (Å²) < 4.78 is 40.1. The van der Waals surface area contributed by atoms with Crippen LogP contribution in [0.25, 0.3) is 0 Å². The van der Waals surface area contributed by atoms with E-state index in [-0.39, 0.29) is 38.3 Å². The summed E-state index contributed by atoms with van der Waals surface area (Å²) in [4.78, 5) is 44.7. The van der Waals surface area contributed by atoms with Gasteiger partial charge in [0.15, 0.2) is 0 Å². The average Bonchev–Trinajstić information content (AvgIpc) is 3.50. The number of likely N-dealkylation sites (tertiary alicyclic amines) is 2. The number of anilines is 1. The third-order valence-electron chi connectivity index (χ3n) is 8.12. The topological polar surface area (TPSA) is 96.8 Å². The standard InChI is InChI=1S/C27H34F3N5O3/c1-25(2,3)12-21(34(5)22(36)20-10-16(14-33(20)4)27(28,29)30)23(37)35-15-26(11-17(35)13-31)18-8-6-7-9-19(18)32-24(26)38/h6-9,16-17,20-21H,10-12,14-15H2,1-5H3,(H,32,38)/t16-,17+,20+,21+,26+/m1/s1. The molecule has 206 valence electrons. The van der Waals surface area contributed by atoms with Crippen LogP contribution in [0, 0.1) is 22.7 Å². The van der Waals surface area contributed by atoms with Gasteiger partial charge in [-0.05, 0) is 36.9 Å². The van der Waals surface area contributed by atoms with Gasteiger partial charge in [-0.15, -0.1) is 0 Å². The third kappa shape index (κ3) is 4.86. The van der Waals surface area contributed by atoms with Crippen LogP contribution in [0.4, 0.5) is 18.9 Å². The predicted octanol–water partition coefficient (Wildman–Crippen LogP) is 3.15. The molecule has 0 unspecified atom stereocenters. The van der Waals surface area contributed by atoms with Crippen LogP contribution in [0.3, 0.4) is 0 Å². The monoisotopic (exact) mass is 533 g/mol. The number of alkyl halides is 3. The smallest absolute Gasteiger partial charge is 0.332 e. The molecule has 5 atom stereocenters. The summed E-state index contributed by atoms with van der Waals surface area (Å²) >= 11 is 0. The third-order valence-corrected chi connectivity index (χ3v) is 8.12. The van der Waals surface area contributed by atoms with Crippen molar-refractivity contribution in [2.75, 3.05) is 32.5 Å². The number of benzene rings is 1. The fourth-order valence-electron chi connectivity index (χ4n) is 6.06. The molecule has 4 rings (SSSR count). The van der Waals surface area contributed by atoms with Gasteiger partial charge in [-0.2, -0.15) is 18.4 Å². The van der Waals surface area contributed by atoms with E-state index in [0.29, 0.717) is 5.69 Å². The Balaban J connectivity index is 1.63. The summed E-state index contributed by atoms with van der Waals surface area (Å²) in [5.41, 5.74) is -0.122. The van der Waals surface area contributed by atoms with E-state index in [2.05, 4.69) is 11.4 Å². The Hall–Kier alpha value is -3.13. The van der Waals surface area contributed by atoms with Crippen molar-refractivity contribution in [2.24, 2.45) is 11.3 Å². The van der Waals surface area contributed by atoms with Crippen LogP contribution in [0.15, 0.2) is 24.3 Å². The van der Waals surface area contributed by atoms with E-state index in [1.165, 1.54) is 28.8 Å². The molecule has 3 amide bonds. The lowest BCUT2D eigenvalue weighted by Crippen LogP contribution is -2.55. The highest BCUT2D eigenvalue weighted by molar-refractivity contribution is 6.07. The van der Waals surface area contributed by atoms with Crippen LogP contribution >= 0.6 is 0 Å². The Morgan fingerprint density at radius 3 is 2.50 bits per heavy atom. The van der Waals surface area contributed by atoms with Crippen LogP contribution in [-0.2, 0) is 19.8 Å². The van der Waals surface area contributed by atoms with Crippen molar-refractivity contribution in [3.8, 4) is 6.07 Å². The van der Waals surface area contributed by atoms with Crippen molar-refractivity contribution in [3.63, 3.8) is 0 Å². The molecule has 38 heavy (non-hydrogen) atoms. The lowest BCUT2D eigenvalue weighted by molar-refractivity contribution is -0.170. The second kappa shape index (κ2) is 9.56. The first-order valence-corrected chi connectivity index (χ1v) is 12.7. The highest BCUT2D eigenvalue weighted by atomic mass is 19.4. The number of nitriles is 1. The maximum absolute atomic E-state index is 14.1. The van der Waals surface area contributed by atoms with Crippen molar-refractivity contribution in [2.45, 2.75) is 69.8 Å². The molecule has 0 radical (unpaired) electrons. The Kier molecular flexibility index (Phi) is 7.02. The zero-order valence-electron chi connectivity index (χ0n) is 22.3. The molecule has 11 heteroatoms. The SMILES string of the molecule is CN1C[C@H](C(F)(F)F)C[C@H]1C(=O)N(C)[C@@H](CC(C)(C)C)C(=O)N1C[C@]2(C[C@H]1C#N)C(=O)Nc1ccccc12. The number of fused-ring (bicyclic) bond motifs is 2. The fourth-order valence-corrected chi connectivity index (χ4v) is 6.06. The first-order chi connectivity index (χ1) is 17.6. The molecule has 1 aromatic carbocycles. The molecule has 0 aliphatic carbocycles. The molecule has 8 nitrogen and oxygen atoms in total. The van der Waals surface area contributed by atoms with Crippen molar-refractivity contribution >= 4 is 23.4 Å². The lowest BCUT2D eigenvalue weighted by Gasteiger charge is -2.37. The van der Waals surface area contributed by atoms with E-state index in [0.717, 1.165) is 5.56 Å². The van der Waals surface area contributed by atoms with Gasteiger partial charge in [-0.1, -0.05) is 39.0 Å². The number of hydrogen-bond donors (Lipinski definition) is 1. The lowest BCUT2D eigenvalue weighted by atomic mass is 9.80. The van der Waals surface area contributed by atoms with E-state index in [1.54, 1.807) is 18.2 Å². The largest absolute Gasteiger partial charge is 0.393 e. The summed E-state index contributed by atoms with van der Waals surface area (Å²) in [6.07, 6.45) is -4.43. The number of likely N-dealkylation sites (N-methyl/N-ethyl adjacent to an activating group) is 2. The number of carbonyl (C=O) groups is 3. The molecule has 3 aliphatic heterocycles. The molecule has 2 fully saturated rings. The van der Waals surface area contributed by atoms with Gasteiger partial charge >= 0.3 is 6.18 Å². The molecule has 3 heterocycles. The number of carbonyl (C=O) groups excluding carboxylic acids is 3. The molecule has 1 spiro atoms. The number of halogens is 3. The van der Waals surface area contributed by atoms with E-state index in [9.17, 15) is 32.8 Å². The normalized spacial score (nSPS) is 28.2. The Bertz CT molecular complexity index is 1170. The predicted molar refractivity (Wildman–Crippen MR) is 134 cm³/mol. The number of amides is 3. The van der Waals surface area contributed by atoms with E-state index in [1.807, 2.05) is 26.8 Å². The maximum atomic E-state index is 14.1. The van der Waals surface area contributed by atoms with Gasteiger partial charge in [0.25, 0.3) is 0 Å². The van der Waals surface area contributed by atoms with Crippen LogP contribution in [0.5, 0.6) is 0 Å². The summed E-state index contributed by atoms with van der Waals surface area (Å²) in [6, 6.07) is 6.42. The van der Waals surface area contributed by atoms with E-state index in [4.69, 9.17) is 0 Å². The first kappa shape index (κ1) is 27.9. The Labute approximate surface area is 220 Å².